The quantitative estimate of drug-likeness (QED) is 0.772. The van der Waals surface area contributed by atoms with Crippen LogP contribution in [0.15, 0.2) is 0 Å². The van der Waals surface area contributed by atoms with Crippen LogP contribution in [0, 0.1) is 5.92 Å². The van der Waals surface area contributed by atoms with E-state index in [1.165, 1.54) is 17.7 Å². The van der Waals surface area contributed by atoms with Crippen LogP contribution < -0.4 is 0 Å². The van der Waals surface area contributed by atoms with E-state index in [9.17, 15) is 19.5 Å². The van der Waals surface area contributed by atoms with Gasteiger partial charge in [0.05, 0.1) is 19.1 Å². The summed E-state index contributed by atoms with van der Waals surface area (Å²) in [7, 11) is 0. The molecular weight excluding hydrogens is 312 g/mol. The van der Waals surface area contributed by atoms with Gasteiger partial charge in [0, 0.05) is 25.6 Å². The number of likely N-dealkylation sites (tertiary alicyclic amines) is 1. The largest absolute Gasteiger partial charge is 0.480 e. The molecule has 2 atom stereocenters. The highest BCUT2D eigenvalue weighted by Crippen LogP contribution is 2.29. The molecule has 2 heterocycles. The van der Waals surface area contributed by atoms with Gasteiger partial charge in [-0.3, -0.25) is 9.59 Å². The van der Waals surface area contributed by atoms with Crippen molar-refractivity contribution in [1.82, 2.24) is 9.80 Å². The van der Waals surface area contributed by atoms with Crippen molar-refractivity contribution in [2.75, 3.05) is 26.3 Å². The first kappa shape index (κ1) is 17.2. The van der Waals surface area contributed by atoms with Gasteiger partial charge < -0.3 is 19.6 Å². The van der Waals surface area contributed by atoms with E-state index in [0.29, 0.717) is 13.2 Å². The fourth-order valence-electron chi connectivity index (χ4n) is 4.13. The van der Waals surface area contributed by atoms with Gasteiger partial charge in [-0.25, -0.2) is 4.79 Å². The van der Waals surface area contributed by atoms with Gasteiger partial charge in [0.2, 0.25) is 11.8 Å². The van der Waals surface area contributed by atoms with Gasteiger partial charge in [0.25, 0.3) is 0 Å². The predicted molar refractivity (Wildman–Crippen MR) is 85.3 cm³/mol. The van der Waals surface area contributed by atoms with Crippen molar-refractivity contribution in [1.29, 1.82) is 0 Å². The number of carbonyl (C=O) groups is 3. The zero-order chi connectivity index (χ0) is 17.1. The standard InChI is InChI=1S/C17H26N2O5/c20-15-9-12(10-19(15)13-5-3-1-2-4-6-13)16(21)18-7-8-24-11-14(18)17(22)23/h12-14H,1-11H2,(H,22,23)/t12-,14-/m0/s1. The van der Waals surface area contributed by atoms with Crippen LogP contribution in [-0.2, 0) is 19.1 Å². The number of hydrogen-bond donors (Lipinski definition) is 1. The first-order valence-corrected chi connectivity index (χ1v) is 8.98. The smallest absolute Gasteiger partial charge is 0.328 e. The maximum absolute atomic E-state index is 12.8. The molecule has 0 aromatic carbocycles. The fourth-order valence-corrected chi connectivity index (χ4v) is 4.13. The van der Waals surface area contributed by atoms with E-state index in [1.807, 2.05) is 4.90 Å². The molecule has 0 aromatic rings. The third kappa shape index (κ3) is 3.55. The molecule has 1 saturated carbocycles. The van der Waals surface area contributed by atoms with Crippen LogP contribution in [0.4, 0.5) is 0 Å². The molecule has 7 heteroatoms. The molecule has 3 aliphatic rings. The maximum atomic E-state index is 12.8. The molecule has 7 nitrogen and oxygen atoms in total. The third-order valence-corrected chi connectivity index (χ3v) is 5.47. The summed E-state index contributed by atoms with van der Waals surface area (Å²) >= 11 is 0. The normalized spacial score (nSPS) is 29.6. The Labute approximate surface area is 141 Å². The minimum atomic E-state index is -1.05. The molecule has 0 spiro atoms. The number of amides is 2. The Hall–Kier alpha value is -1.63. The zero-order valence-electron chi connectivity index (χ0n) is 14.0. The predicted octanol–water partition coefficient (Wildman–Crippen LogP) is 0.870. The molecule has 2 aliphatic heterocycles. The highest BCUT2D eigenvalue weighted by atomic mass is 16.5. The lowest BCUT2D eigenvalue weighted by Crippen LogP contribution is -2.54. The fraction of sp³-hybridized carbons (Fsp3) is 0.824. The number of carbonyl (C=O) groups excluding carboxylic acids is 2. The third-order valence-electron chi connectivity index (χ3n) is 5.47. The summed E-state index contributed by atoms with van der Waals surface area (Å²) in [5.41, 5.74) is 0. The van der Waals surface area contributed by atoms with Gasteiger partial charge in [-0.1, -0.05) is 25.7 Å². The molecule has 0 unspecified atom stereocenters. The van der Waals surface area contributed by atoms with E-state index >= 15 is 0 Å². The molecule has 3 fully saturated rings. The zero-order valence-corrected chi connectivity index (χ0v) is 14.0. The number of aliphatic carboxylic acids is 1. The van der Waals surface area contributed by atoms with E-state index < -0.39 is 17.9 Å². The average Bonchev–Trinajstić information content (AvgIpc) is 2.80. The molecule has 134 valence electrons. The van der Waals surface area contributed by atoms with Crippen LogP contribution in [0.5, 0.6) is 0 Å². The highest BCUT2D eigenvalue weighted by Gasteiger charge is 2.42. The molecule has 2 saturated heterocycles. The van der Waals surface area contributed by atoms with Crippen molar-refractivity contribution in [2.24, 2.45) is 5.92 Å². The molecule has 1 N–H and O–H groups in total. The van der Waals surface area contributed by atoms with Gasteiger partial charge in [0.1, 0.15) is 0 Å². The van der Waals surface area contributed by atoms with Crippen LogP contribution >= 0.6 is 0 Å². The molecule has 24 heavy (non-hydrogen) atoms. The SMILES string of the molecule is O=C(O)[C@@H]1COCCN1C(=O)[C@H]1CC(=O)N(C2CCCCCC2)C1. The minimum absolute atomic E-state index is 0.0219. The second kappa shape index (κ2) is 7.51. The van der Waals surface area contributed by atoms with Crippen LogP contribution in [0.3, 0.4) is 0 Å². The van der Waals surface area contributed by atoms with E-state index in [4.69, 9.17) is 4.74 Å². The number of hydrogen-bond acceptors (Lipinski definition) is 4. The minimum Gasteiger partial charge on any atom is -0.480 e. The van der Waals surface area contributed by atoms with Crippen molar-refractivity contribution in [3.8, 4) is 0 Å². The van der Waals surface area contributed by atoms with Crippen LogP contribution in [0.1, 0.15) is 44.9 Å². The average molecular weight is 338 g/mol. The number of nitrogens with zero attached hydrogens (tertiary/aromatic N) is 2. The van der Waals surface area contributed by atoms with E-state index in [2.05, 4.69) is 0 Å². The van der Waals surface area contributed by atoms with Crippen molar-refractivity contribution < 1.29 is 24.2 Å². The lowest BCUT2D eigenvalue weighted by molar-refractivity contribution is -0.160. The lowest BCUT2D eigenvalue weighted by Gasteiger charge is -2.34. The number of morpholine rings is 1. The summed E-state index contributed by atoms with van der Waals surface area (Å²) in [5, 5.41) is 9.29. The van der Waals surface area contributed by atoms with Gasteiger partial charge in [-0.05, 0) is 12.8 Å². The summed E-state index contributed by atoms with van der Waals surface area (Å²) in [6, 6.07) is -0.689. The number of ether oxygens (including phenoxy) is 1. The highest BCUT2D eigenvalue weighted by molar-refractivity contribution is 5.91. The summed E-state index contributed by atoms with van der Waals surface area (Å²) in [6.07, 6.45) is 6.95. The molecule has 0 radical (unpaired) electrons. The van der Waals surface area contributed by atoms with E-state index in [0.717, 1.165) is 25.7 Å². The van der Waals surface area contributed by atoms with Gasteiger partial charge in [0.15, 0.2) is 6.04 Å². The Morgan fingerprint density at radius 2 is 1.83 bits per heavy atom. The first-order chi connectivity index (χ1) is 11.6. The van der Waals surface area contributed by atoms with Crippen LogP contribution in [-0.4, -0.2) is 71.1 Å². The number of carboxylic acid groups (broad SMARTS) is 1. The van der Waals surface area contributed by atoms with Gasteiger partial charge >= 0.3 is 5.97 Å². The van der Waals surface area contributed by atoms with E-state index in [-0.39, 0.29) is 37.4 Å². The summed E-state index contributed by atoms with van der Waals surface area (Å²) in [6.45, 7) is 1.09. The number of rotatable bonds is 3. The Morgan fingerprint density at radius 3 is 2.50 bits per heavy atom. The molecule has 3 rings (SSSR count). The summed E-state index contributed by atoms with van der Waals surface area (Å²) < 4.78 is 5.19. The van der Waals surface area contributed by atoms with Crippen molar-refractivity contribution in [2.45, 2.75) is 57.0 Å². The van der Waals surface area contributed by atoms with Crippen molar-refractivity contribution in [3.63, 3.8) is 0 Å². The summed E-state index contributed by atoms with van der Waals surface area (Å²) in [4.78, 5) is 39.8. The second-order valence-corrected chi connectivity index (χ2v) is 7.05. The van der Waals surface area contributed by atoms with Crippen molar-refractivity contribution in [3.05, 3.63) is 0 Å². The van der Waals surface area contributed by atoms with E-state index in [1.54, 1.807) is 0 Å². The van der Waals surface area contributed by atoms with Crippen LogP contribution in [0.2, 0.25) is 0 Å². The molecule has 1 aliphatic carbocycles. The first-order valence-electron chi connectivity index (χ1n) is 8.98. The Bertz CT molecular complexity index is 501. The van der Waals surface area contributed by atoms with Gasteiger partial charge in [-0.2, -0.15) is 0 Å². The monoisotopic (exact) mass is 338 g/mol. The Kier molecular flexibility index (Phi) is 5.38. The Morgan fingerprint density at radius 1 is 1.12 bits per heavy atom. The summed E-state index contributed by atoms with van der Waals surface area (Å²) in [5.74, 6) is -1.63. The Balaban J connectivity index is 1.65. The molecular formula is C17H26N2O5. The molecule has 2 amide bonds. The van der Waals surface area contributed by atoms with Crippen LogP contribution in [0.25, 0.3) is 0 Å². The molecule has 0 aromatic heterocycles. The molecule has 0 bridgehead atoms. The topological polar surface area (TPSA) is 87.1 Å². The maximum Gasteiger partial charge on any atom is 0.328 e. The van der Waals surface area contributed by atoms with Crippen molar-refractivity contribution >= 4 is 17.8 Å². The lowest BCUT2D eigenvalue weighted by atomic mass is 10.0. The second-order valence-electron chi connectivity index (χ2n) is 7.05. The number of carboxylic acids is 1. The van der Waals surface area contributed by atoms with Gasteiger partial charge in [-0.15, -0.1) is 0 Å².